The van der Waals surface area contributed by atoms with E-state index in [1.807, 2.05) is 34.6 Å². The van der Waals surface area contributed by atoms with Gasteiger partial charge >= 0.3 is 6.03 Å². The van der Waals surface area contributed by atoms with Gasteiger partial charge in [0, 0.05) is 12.6 Å². The molecule has 272 valence electrons. The van der Waals surface area contributed by atoms with E-state index >= 15 is 0 Å². The van der Waals surface area contributed by atoms with Crippen LogP contribution in [-0.2, 0) is 19.2 Å². The molecule has 5 N–H and O–H groups in total. The smallest absolute Gasteiger partial charge is 0.315 e. The van der Waals surface area contributed by atoms with Crippen molar-refractivity contribution in [2.75, 3.05) is 13.1 Å². The van der Waals surface area contributed by atoms with E-state index in [4.69, 9.17) is 5.73 Å². The molecule has 50 heavy (non-hydrogen) atoms. The Balaban J connectivity index is 1.33. The molecule has 0 aromatic carbocycles. The van der Waals surface area contributed by atoms with E-state index in [-0.39, 0.29) is 47.4 Å². The lowest BCUT2D eigenvalue weighted by molar-refractivity contribution is -0.605. The number of piperidine rings is 1. The number of rotatable bonds is 11. The van der Waals surface area contributed by atoms with Crippen LogP contribution in [0, 0.1) is 39.2 Å². The van der Waals surface area contributed by atoms with Gasteiger partial charge in [0.2, 0.25) is 17.6 Å². The SMILES string of the molecule is CC(C)(C)[C@H](NC(=O)N[C@H](CN1C(=O)c2cc[n+]([O-])cc2C1=O)C(C)(C)C)C(=O)N1C[C@H]2[C@@H]([C@H]1C(=O)NC(CC1CC1)C(=O)C(N)=O)C2(C)C. The van der Waals surface area contributed by atoms with Gasteiger partial charge in [-0.25, -0.2) is 4.79 Å². The number of pyridine rings is 1. The highest BCUT2D eigenvalue weighted by Gasteiger charge is 2.70. The summed E-state index contributed by atoms with van der Waals surface area (Å²) in [6.07, 6.45) is 4.26. The average Bonchev–Trinajstić information content (AvgIpc) is 3.83. The van der Waals surface area contributed by atoms with Crippen LogP contribution in [0.25, 0.3) is 0 Å². The van der Waals surface area contributed by atoms with Crippen LogP contribution in [0.5, 0.6) is 0 Å². The number of carbonyl (C=O) groups excluding carboxylic acids is 7. The Bertz CT molecular complexity index is 1640. The zero-order valence-corrected chi connectivity index (χ0v) is 30.0. The predicted molar refractivity (Wildman–Crippen MR) is 179 cm³/mol. The number of aromatic nitrogens is 1. The van der Waals surface area contributed by atoms with E-state index in [0.29, 0.717) is 11.2 Å². The first kappa shape index (κ1) is 36.7. The molecule has 2 aliphatic heterocycles. The molecular weight excluding hydrogens is 646 g/mol. The number of fused-ring (bicyclic) bond motifs is 2. The van der Waals surface area contributed by atoms with Crippen molar-refractivity contribution < 1.29 is 38.3 Å². The maximum Gasteiger partial charge on any atom is 0.315 e. The second kappa shape index (κ2) is 12.6. The van der Waals surface area contributed by atoms with Crippen molar-refractivity contribution in [1.82, 2.24) is 25.8 Å². The summed E-state index contributed by atoms with van der Waals surface area (Å²) in [5, 5.41) is 20.2. The normalized spacial score (nSPS) is 24.1. The number of amides is 7. The van der Waals surface area contributed by atoms with Crippen LogP contribution in [0.4, 0.5) is 4.79 Å². The molecule has 0 radical (unpaired) electrons. The lowest BCUT2D eigenvalue weighted by Gasteiger charge is -2.39. The molecule has 15 heteroatoms. The van der Waals surface area contributed by atoms with E-state index in [0.717, 1.165) is 30.1 Å². The lowest BCUT2D eigenvalue weighted by Crippen LogP contribution is -2.62. The summed E-state index contributed by atoms with van der Waals surface area (Å²) in [6, 6.07) is -3.29. The van der Waals surface area contributed by atoms with Crippen LogP contribution < -0.4 is 26.4 Å². The van der Waals surface area contributed by atoms with Gasteiger partial charge in [-0.1, -0.05) is 68.2 Å². The predicted octanol–water partition coefficient (Wildman–Crippen LogP) is 0.867. The average molecular weight is 696 g/mol. The molecule has 3 fully saturated rings. The van der Waals surface area contributed by atoms with Crippen LogP contribution in [-0.4, -0.2) is 88.4 Å². The van der Waals surface area contributed by atoms with Crippen molar-refractivity contribution in [3.05, 3.63) is 34.8 Å². The van der Waals surface area contributed by atoms with Crippen LogP contribution >= 0.6 is 0 Å². The number of primary amides is 1. The molecule has 6 atom stereocenters. The number of ketones is 1. The summed E-state index contributed by atoms with van der Waals surface area (Å²) in [7, 11) is 0. The molecule has 2 saturated carbocycles. The van der Waals surface area contributed by atoms with E-state index in [9.17, 15) is 38.8 Å². The summed E-state index contributed by atoms with van der Waals surface area (Å²) in [5.74, 6) is -4.20. The molecular formula is C35H49N7O8. The van der Waals surface area contributed by atoms with Crippen molar-refractivity contribution in [2.24, 2.45) is 39.7 Å². The van der Waals surface area contributed by atoms with Gasteiger partial charge in [0.25, 0.3) is 17.7 Å². The molecule has 1 aromatic rings. The van der Waals surface area contributed by atoms with Gasteiger partial charge in [0.15, 0.2) is 12.4 Å². The third-order valence-corrected chi connectivity index (χ3v) is 10.9. The van der Waals surface area contributed by atoms with E-state index in [1.54, 1.807) is 20.8 Å². The molecule has 7 amide bonds. The third-order valence-electron chi connectivity index (χ3n) is 10.9. The monoisotopic (exact) mass is 695 g/mol. The Labute approximate surface area is 291 Å². The molecule has 0 bridgehead atoms. The number of nitrogens with zero attached hydrogens (tertiary/aromatic N) is 3. The highest BCUT2D eigenvalue weighted by atomic mass is 16.5. The van der Waals surface area contributed by atoms with Crippen LogP contribution in [0.15, 0.2) is 18.5 Å². The summed E-state index contributed by atoms with van der Waals surface area (Å²) in [4.78, 5) is 95.1. The number of carbonyl (C=O) groups is 7. The van der Waals surface area contributed by atoms with Crippen molar-refractivity contribution in [3.8, 4) is 0 Å². The van der Waals surface area contributed by atoms with Crippen LogP contribution in [0.2, 0.25) is 0 Å². The third kappa shape index (κ3) is 7.04. The van der Waals surface area contributed by atoms with Gasteiger partial charge in [-0.15, -0.1) is 0 Å². The summed E-state index contributed by atoms with van der Waals surface area (Å²) < 4.78 is 0.441. The number of nitrogens with two attached hydrogens (primary N) is 1. The van der Waals surface area contributed by atoms with Crippen molar-refractivity contribution in [1.29, 1.82) is 0 Å². The molecule has 1 unspecified atom stereocenters. The zero-order valence-electron chi connectivity index (χ0n) is 30.0. The largest absolute Gasteiger partial charge is 0.619 e. The van der Waals surface area contributed by atoms with Crippen molar-refractivity contribution in [3.63, 3.8) is 0 Å². The quantitative estimate of drug-likeness (QED) is 0.113. The molecule has 0 spiro atoms. The fourth-order valence-electron chi connectivity index (χ4n) is 7.41. The maximum absolute atomic E-state index is 14.4. The highest BCUT2D eigenvalue weighted by Crippen LogP contribution is 2.65. The Morgan fingerprint density at radius 2 is 1.60 bits per heavy atom. The summed E-state index contributed by atoms with van der Waals surface area (Å²) in [6.45, 7) is 15.0. The molecule has 1 saturated heterocycles. The molecule has 2 aliphatic carbocycles. The molecule has 5 rings (SSSR count). The number of Topliss-reactive ketones (excluding diaryl/α,β-unsaturated/α-hetero) is 1. The van der Waals surface area contributed by atoms with Gasteiger partial charge in [0.1, 0.15) is 17.6 Å². The van der Waals surface area contributed by atoms with E-state index < -0.39 is 76.3 Å². The topological polar surface area (TPSA) is 215 Å². The number of hydrogen-bond donors (Lipinski definition) is 4. The van der Waals surface area contributed by atoms with Gasteiger partial charge in [0.05, 0.1) is 24.2 Å². The fraction of sp³-hybridized carbons (Fsp3) is 0.657. The molecule has 1 aromatic heterocycles. The van der Waals surface area contributed by atoms with Crippen molar-refractivity contribution >= 4 is 41.4 Å². The second-order valence-corrected chi connectivity index (χ2v) is 17.0. The standard InChI is InChI=1S/C35H49N7O8/c1-33(2,3)22(16-42-29(46)18-11-12-40(50)14-19(18)30(42)47)38-32(49)39-26(34(4,5)6)31(48)41-15-20-23(35(20,7)8)24(41)28(45)37-21(13-17-9-10-17)25(43)27(36)44/h11-12,14,17,20-24,26H,9-10,13,15-16H2,1-8H3,(H2,36,44)(H,37,45)(H2,38,39,49)/t20-,21?,22+,23-,24-,26+/m0/s1. The molecule has 4 aliphatic rings. The first-order valence-electron chi connectivity index (χ1n) is 17.1. The first-order chi connectivity index (χ1) is 23.0. The van der Waals surface area contributed by atoms with Gasteiger partial charge < -0.3 is 31.8 Å². The van der Waals surface area contributed by atoms with E-state index in [1.165, 1.54) is 11.0 Å². The Morgan fingerprint density at radius 1 is 0.980 bits per heavy atom. The lowest BCUT2D eigenvalue weighted by atomic mass is 9.85. The van der Waals surface area contributed by atoms with Gasteiger partial charge in [-0.05, 0) is 40.4 Å². The van der Waals surface area contributed by atoms with Gasteiger partial charge in [-0.2, -0.15) is 4.73 Å². The summed E-state index contributed by atoms with van der Waals surface area (Å²) in [5.41, 5.74) is 3.66. The minimum Gasteiger partial charge on any atom is -0.619 e. The fourth-order valence-corrected chi connectivity index (χ4v) is 7.41. The minimum atomic E-state index is -1.13. The highest BCUT2D eigenvalue weighted by molar-refractivity contribution is 6.37. The molecule has 15 nitrogen and oxygen atoms in total. The molecule has 3 heterocycles. The van der Waals surface area contributed by atoms with Crippen LogP contribution in [0.3, 0.4) is 0 Å². The van der Waals surface area contributed by atoms with Gasteiger partial charge in [-0.3, -0.25) is 33.7 Å². The number of nitrogens with one attached hydrogen (secondary N) is 3. The number of hydrogen-bond acceptors (Lipinski definition) is 8. The Hall–Kier alpha value is -4.56. The maximum atomic E-state index is 14.4. The van der Waals surface area contributed by atoms with Crippen LogP contribution in [0.1, 0.15) is 95.4 Å². The summed E-state index contributed by atoms with van der Waals surface area (Å²) >= 11 is 0. The number of imide groups is 1. The Kier molecular flexibility index (Phi) is 9.28. The van der Waals surface area contributed by atoms with E-state index in [2.05, 4.69) is 16.0 Å². The van der Waals surface area contributed by atoms with Crippen molar-refractivity contribution in [2.45, 2.75) is 98.8 Å². The minimum absolute atomic E-state index is 0.0198. The number of likely N-dealkylation sites (tertiary alicyclic amines) is 1. The second-order valence-electron chi connectivity index (χ2n) is 17.0. The first-order valence-corrected chi connectivity index (χ1v) is 17.1. The Morgan fingerprint density at radius 3 is 2.16 bits per heavy atom. The number of urea groups is 1. The zero-order chi connectivity index (χ0) is 37.2.